The smallest absolute Gasteiger partial charge is 0.305 e. The zero-order valence-corrected chi connectivity index (χ0v) is 12.3. The van der Waals surface area contributed by atoms with Crippen LogP contribution in [0.2, 0.25) is 0 Å². The zero-order valence-electron chi connectivity index (χ0n) is 12.3. The molecule has 3 heteroatoms. The molecule has 1 N–H and O–H groups in total. The van der Waals surface area contributed by atoms with Gasteiger partial charge < -0.3 is 5.11 Å². The van der Waals surface area contributed by atoms with E-state index in [0.29, 0.717) is 0 Å². The highest BCUT2D eigenvalue weighted by atomic mass is 16.4. The molecule has 1 saturated heterocycles. The van der Waals surface area contributed by atoms with Crippen LogP contribution < -0.4 is 0 Å². The highest BCUT2D eigenvalue weighted by molar-refractivity contribution is 5.68. The van der Waals surface area contributed by atoms with E-state index < -0.39 is 5.97 Å². The number of carboxylic acid groups (broad SMARTS) is 1. The molecule has 0 radical (unpaired) electrons. The first kappa shape index (κ1) is 15.0. The van der Waals surface area contributed by atoms with Crippen LogP contribution in [-0.2, 0) is 4.79 Å². The van der Waals surface area contributed by atoms with Crippen LogP contribution in [0.5, 0.6) is 0 Å². The van der Waals surface area contributed by atoms with Crippen LogP contribution >= 0.6 is 0 Å². The molecule has 0 spiro atoms. The largest absolute Gasteiger partial charge is 0.481 e. The molecule has 20 heavy (non-hydrogen) atoms. The summed E-state index contributed by atoms with van der Waals surface area (Å²) in [5, 5.41) is 9.19. The number of piperidine rings is 1. The van der Waals surface area contributed by atoms with Gasteiger partial charge in [-0.05, 0) is 37.4 Å². The first-order valence-electron chi connectivity index (χ1n) is 7.71. The van der Waals surface area contributed by atoms with Gasteiger partial charge in [-0.25, -0.2) is 0 Å². The van der Waals surface area contributed by atoms with Gasteiger partial charge in [0.25, 0.3) is 0 Å². The fourth-order valence-corrected chi connectivity index (χ4v) is 3.26. The van der Waals surface area contributed by atoms with Crippen molar-refractivity contribution in [3.05, 3.63) is 35.9 Å². The van der Waals surface area contributed by atoms with Crippen LogP contribution in [0.3, 0.4) is 0 Å². The SMILES string of the molecule is CCCC1CCN(C(CC(=O)O)c2ccccc2)CC1. The topological polar surface area (TPSA) is 40.5 Å². The summed E-state index contributed by atoms with van der Waals surface area (Å²) >= 11 is 0. The molecule has 0 bridgehead atoms. The Labute approximate surface area is 121 Å². The second-order valence-corrected chi connectivity index (χ2v) is 5.79. The maximum atomic E-state index is 11.2. The quantitative estimate of drug-likeness (QED) is 0.860. The first-order valence-corrected chi connectivity index (χ1v) is 7.71. The molecule has 1 aromatic rings. The molecule has 1 unspecified atom stereocenters. The molecule has 0 saturated carbocycles. The summed E-state index contributed by atoms with van der Waals surface area (Å²) in [4.78, 5) is 13.5. The van der Waals surface area contributed by atoms with Crippen molar-refractivity contribution in [3.8, 4) is 0 Å². The summed E-state index contributed by atoms with van der Waals surface area (Å²) in [5.41, 5.74) is 1.13. The van der Waals surface area contributed by atoms with Crippen molar-refractivity contribution in [2.45, 2.75) is 45.1 Å². The van der Waals surface area contributed by atoms with Crippen LogP contribution in [-0.4, -0.2) is 29.1 Å². The van der Waals surface area contributed by atoms with Gasteiger partial charge in [-0.15, -0.1) is 0 Å². The molecule has 1 fully saturated rings. The predicted octanol–water partition coefficient (Wildman–Crippen LogP) is 3.71. The first-order chi connectivity index (χ1) is 9.70. The van der Waals surface area contributed by atoms with Gasteiger partial charge in [0.2, 0.25) is 0 Å². The van der Waals surface area contributed by atoms with E-state index in [1.165, 1.54) is 25.7 Å². The van der Waals surface area contributed by atoms with Crippen LogP contribution in [0.25, 0.3) is 0 Å². The molecule has 1 aromatic carbocycles. The van der Waals surface area contributed by atoms with E-state index in [-0.39, 0.29) is 12.5 Å². The number of nitrogens with zero attached hydrogens (tertiary/aromatic N) is 1. The lowest BCUT2D eigenvalue weighted by Gasteiger charge is -2.37. The minimum Gasteiger partial charge on any atom is -0.481 e. The molecule has 0 amide bonds. The Balaban J connectivity index is 2.03. The Morgan fingerprint density at radius 3 is 2.50 bits per heavy atom. The summed E-state index contributed by atoms with van der Waals surface area (Å²) in [6, 6.07) is 10.1. The predicted molar refractivity (Wildman–Crippen MR) is 80.6 cm³/mol. The molecule has 2 rings (SSSR count). The lowest BCUT2D eigenvalue weighted by atomic mass is 9.90. The Bertz CT molecular complexity index is 410. The van der Waals surface area contributed by atoms with Gasteiger partial charge in [0.15, 0.2) is 0 Å². The number of benzene rings is 1. The monoisotopic (exact) mass is 275 g/mol. The zero-order chi connectivity index (χ0) is 14.4. The van der Waals surface area contributed by atoms with Crippen molar-refractivity contribution in [2.75, 3.05) is 13.1 Å². The van der Waals surface area contributed by atoms with Gasteiger partial charge in [0.05, 0.1) is 6.42 Å². The highest BCUT2D eigenvalue weighted by Crippen LogP contribution is 2.30. The third kappa shape index (κ3) is 4.07. The fourth-order valence-electron chi connectivity index (χ4n) is 3.26. The van der Waals surface area contributed by atoms with Gasteiger partial charge in [-0.1, -0.05) is 50.1 Å². The number of rotatable bonds is 6. The molecule has 1 atom stereocenters. The van der Waals surface area contributed by atoms with E-state index in [1.54, 1.807) is 0 Å². The van der Waals surface area contributed by atoms with E-state index >= 15 is 0 Å². The number of likely N-dealkylation sites (tertiary alicyclic amines) is 1. The van der Waals surface area contributed by atoms with Gasteiger partial charge in [-0.3, -0.25) is 9.69 Å². The molecule has 1 aliphatic heterocycles. The van der Waals surface area contributed by atoms with E-state index in [0.717, 1.165) is 24.6 Å². The Morgan fingerprint density at radius 1 is 1.30 bits per heavy atom. The second kappa shape index (κ2) is 7.44. The average Bonchev–Trinajstić information content (AvgIpc) is 2.47. The normalized spacial score (nSPS) is 18.9. The van der Waals surface area contributed by atoms with Crippen LogP contribution in [0.15, 0.2) is 30.3 Å². The fraction of sp³-hybridized carbons (Fsp3) is 0.588. The van der Waals surface area contributed by atoms with Gasteiger partial charge in [-0.2, -0.15) is 0 Å². The van der Waals surface area contributed by atoms with Crippen molar-refractivity contribution in [1.29, 1.82) is 0 Å². The maximum Gasteiger partial charge on any atom is 0.305 e. The number of hydrogen-bond acceptors (Lipinski definition) is 2. The molecule has 0 aliphatic carbocycles. The van der Waals surface area contributed by atoms with E-state index in [2.05, 4.69) is 11.8 Å². The lowest BCUT2D eigenvalue weighted by molar-refractivity contribution is -0.138. The Morgan fingerprint density at radius 2 is 1.95 bits per heavy atom. The molecule has 0 aromatic heterocycles. The van der Waals surface area contributed by atoms with Crippen molar-refractivity contribution in [2.24, 2.45) is 5.92 Å². The molecule has 110 valence electrons. The second-order valence-electron chi connectivity index (χ2n) is 5.79. The number of hydrogen-bond donors (Lipinski definition) is 1. The van der Waals surface area contributed by atoms with Crippen LogP contribution in [0.4, 0.5) is 0 Å². The lowest BCUT2D eigenvalue weighted by Crippen LogP contribution is -2.37. The molecular weight excluding hydrogens is 250 g/mol. The van der Waals surface area contributed by atoms with Crippen LogP contribution in [0.1, 0.15) is 50.6 Å². The molecule has 1 heterocycles. The third-order valence-electron chi connectivity index (χ3n) is 4.34. The minimum absolute atomic E-state index is 0.0243. The Kier molecular flexibility index (Phi) is 5.60. The number of carboxylic acids is 1. The summed E-state index contributed by atoms with van der Waals surface area (Å²) < 4.78 is 0. The van der Waals surface area contributed by atoms with E-state index in [4.69, 9.17) is 0 Å². The summed E-state index contributed by atoms with van der Waals surface area (Å²) in [7, 11) is 0. The van der Waals surface area contributed by atoms with Crippen molar-refractivity contribution in [3.63, 3.8) is 0 Å². The summed E-state index contributed by atoms with van der Waals surface area (Å²) in [5.74, 6) is 0.118. The van der Waals surface area contributed by atoms with E-state index in [1.807, 2.05) is 30.3 Å². The van der Waals surface area contributed by atoms with Crippen molar-refractivity contribution < 1.29 is 9.90 Å². The minimum atomic E-state index is -0.713. The maximum absolute atomic E-state index is 11.2. The van der Waals surface area contributed by atoms with Gasteiger partial charge in [0, 0.05) is 6.04 Å². The third-order valence-corrected chi connectivity index (χ3v) is 4.34. The summed E-state index contributed by atoms with van der Waals surface area (Å²) in [6.07, 6.45) is 5.17. The van der Waals surface area contributed by atoms with Crippen molar-refractivity contribution >= 4 is 5.97 Å². The molecular formula is C17H25NO2. The highest BCUT2D eigenvalue weighted by Gasteiger charge is 2.27. The van der Waals surface area contributed by atoms with Gasteiger partial charge >= 0.3 is 5.97 Å². The standard InChI is InChI=1S/C17H25NO2/c1-2-6-14-9-11-18(12-10-14)16(13-17(19)20)15-7-4-3-5-8-15/h3-5,7-8,14,16H,2,6,9-13H2,1H3,(H,19,20). The van der Waals surface area contributed by atoms with Gasteiger partial charge in [0.1, 0.15) is 0 Å². The number of aliphatic carboxylic acids is 1. The van der Waals surface area contributed by atoms with Crippen LogP contribution in [0, 0.1) is 5.92 Å². The van der Waals surface area contributed by atoms with E-state index in [9.17, 15) is 9.90 Å². The molecule has 1 aliphatic rings. The Hall–Kier alpha value is -1.35. The van der Waals surface area contributed by atoms with Crippen molar-refractivity contribution in [1.82, 2.24) is 4.90 Å². The molecule has 3 nitrogen and oxygen atoms in total. The number of carbonyl (C=O) groups is 1. The average molecular weight is 275 g/mol. The summed E-state index contributed by atoms with van der Waals surface area (Å²) in [6.45, 7) is 4.29.